The number of alkyl halides is 2. The van der Waals surface area contributed by atoms with Crippen LogP contribution < -0.4 is 15.4 Å². The van der Waals surface area contributed by atoms with Crippen LogP contribution in [0, 0.1) is 13.8 Å². The monoisotopic (exact) mass is 348 g/mol. The topological polar surface area (TPSA) is 58.5 Å². The molecule has 25 heavy (non-hydrogen) atoms. The third-order valence-electron chi connectivity index (χ3n) is 3.48. The Balaban J connectivity index is 1.97. The number of aryl methyl sites for hydroxylation is 2. The van der Waals surface area contributed by atoms with Crippen LogP contribution in [0.2, 0.25) is 0 Å². The lowest BCUT2D eigenvalue weighted by Crippen LogP contribution is -2.36. The summed E-state index contributed by atoms with van der Waals surface area (Å²) in [6.45, 7) is 1.79. The number of hydrogen-bond acceptors (Lipinski definition) is 3. The third kappa shape index (κ3) is 6.02. The number of ether oxygens (including phenoxy) is 1. The van der Waals surface area contributed by atoms with Crippen molar-refractivity contribution < 1.29 is 13.5 Å². The highest BCUT2D eigenvalue weighted by Gasteiger charge is 2.10. The zero-order chi connectivity index (χ0) is 18.2. The normalized spacial score (nSPS) is 11.5. The van der Waals surface area contributed by atoms with Gasteiger partial charge in [-0.25, -0.2) is 0 Å². The molecule has 0 saturated heterocycles. The first kappa shape index (κ1) is 18.6. The highest BCUT2D eigenvalue weighted by molar-refractivity contribution is 5.79. The lowest BCUT2D eigenvalue weighted by Gasteiger charge is -2.15. The van der Waals surface area contributed by atoms with Gasteiger partial charge in [0.2, 0.25) is 0 Å². The van der Waals surface area contributed by atoms with Gasteiger partial charge in [0.15, 0.2) is 5.96 Å². The Bertz CT molecular complexity index is 735. The van der Waals surface area contributed by atoms with Gasteiger partial charge in [-0.3, -0.25) is 9.98 Å². The number of nitrogens with zero attached hydrogens (tertiary/aromatic N) is 2. The van der Waals surface area contributed by atoms with E-state index in [1.54, 1.807) is 25.2 Å². The third-order valence-corrected chi connectivity index (χ3v) is 3.48. The number of aliphatic imine (C=N–C) groups is 1. The van der Waals surface area contributed by atoms with E-state index in [9.17, 15) is 8.78 Å². The number of halogens is 2. The second-order valence-electron chi connectivity index (χ2n) is 5.54. The molecule has 0 atom stereocenters. The molecule has 0 amide bonds. The van der Waals surface area contributed by atoms with E-state index in [1.165, 1.54) is 0 Å². The summed E-state index contributed by atoms with van der Waals surface area (Å²) in [5.41, 5.74) is 3.43. The lowest BCUT2D eigenvalue weighted by molar-refractivity contribution is -0.0504. The highest BCUT2D eigenvalue weighted by Crippen LogP contribution is 2.21. The fourth-order valence-electron chi connectivity index (χ4n) is 2.33. The largest absolute Gasteiger partial charge is 0.434 e. The van der Waals surface area contributed by atoms with Gasteiger partial charge in [-0.05, 0) is 32.0 Å². The number of pyridine rings is 1. The molecule has 0 saturated carbocycles. The molecular weight excluding hydrogens is 326 g/mol. The van der Waals surface area contributed by atoms with Gasteiger partial charge in [-0.1, -0.05) is 23.8 Å². The Labute approximate surface area is 146 Å². The van der Waals surface area contributed by atoms with Crippen molar-refractivity contribution in [2.24, 2.45) is 4.99 Å². The number of hydrogen-bond donors (Lipinski definition) is 2. The van der Waals surface area contributed by atoms with Crippen molar-refractivity contribution in [1.82, 2.24) is 15.6 Å². The summed E-state index contributed by atoms with van der Waals surface area (Å²) in [6, 6.07) is 10.9. The van der Waals surface area contributed by atoms with Crippen LogP contribution in [0.25, 0.3) is 0 Å². The minimum Gasteiger partial charge on any atom is -0.434 e. The molecule has 1 aromatic heterocycles. The average molecular weight is 348 g/mol. The number of aromatic nitrogens is 1. The summed E-state index contributed by atoms with van der Waals surface area (Å²) in [5, 5.41) is 6.24. The van der Waals surface area contributed by atoms with Crippen molar-refractivity contribution in [2.45, 2.75) is 33.5 Å². The fraction of sp³-hybridized carbons (Fsp3) is 0.333. The van der Waals surface area contributed by atoms with Crippen molar-refractivity contribution in [2.75, 3.05) is 7.05 Å². The zero-order valence-corrected chi connectivity index (χ0v) is 14.5. The summed E-state index contributed by atoms with van der Waals surface area (Å²) in [4.78, 5) is 8.54. The van der Waals surface area contributed by atoms with Crippen molar-refractivity contribution in [3.05, 3.63) is 58.9 Å². The Kier molecular flexibility index (Phi) is 6.68. The van der Waals surface area contributed by atoms with Gasteiger partial charge < -0.3 is 15.4 Å². The van der Waals surface area contributed by atoms with E-state index in [-0.39, 0.29) is 5.75 Å². The predicted octanol–water partition coefficient (Wildman–Crippen LogP) is 3.17. The standard InChI is InChI=1S/C18H22F2N4O/c1-12-7-8-16(25-17(19)20)14(9-12)10-22-18(21-3)23-11-15-6-4-5-13(2)24-15/h4-9,17H,10-11H2,1-3H3,(H2,21,22,23). The summed E-state index contributed by atoms with van der Waals surface area (Å²) in [6.07, 6.45) is 0. The molecule has 5 nitrogen and oxygen atoms in total. The number of rotatable bonds is 6. The molecular formula is C18H22F2N4O. The maximum atomic E-state index is 12.5. The molecule has 0 aliphatic heterocycles. The van der Waals surface area contributed by atoms with Crippen LogP contribution >= 0.6 is 0 Å². The molecule has 0 bridgehead atoms. The molecule has 0 fully saturated rings. The first-order valence-corrected chi connectivity index (χ1v) is 7.89. The van der Waals surface area contributed by atoms with Crippen LogP contribution in [0.5, 0.6) is 5.75 Å². The van der Waals surface area contributed by atoms with E-state index in [2.05, 4.69) is 25.3 Å². The molecule has 0 radical (unpaired) electrons. The van der Waals surface area contributed by atoms with E-state index >= 15 is 0 Å². The Hall–Kier alpha value is -2.70. The first-order chi connectivity index (χ1) is 12.0. The lowest BCUT2D eigenvalue weighted by atomic mass is 10.1. The predicted molar refractivity (Wildman–Crippen MR) is 93.8 cm³/mol. The number of nitrogens with one attached hydrogen (secondary N) is 2. The van der Waals surface area contributed by atoms with Crippen LogP contribution in [0.4, 0.5) is 8.78 Å². The molecule has 134 valence electrons. The van der Waals surface area contributed by atoms with Gasteiger partial charge in [0, 0.05) is 24.8 Å². The second kappa shape index (κ2) is 8.96. The Morgan fingerprint density at radius 1 is 1.16 bits per heavy atom. The highest BCUT2D eigenvalue weighted by atomic mass is 19.3. The van der Waals surface area contributed by atoms with Crippen molar-refractivity contribution in [3.63, 3.8) is 0 Å². The van der Waals surface area contributed by atoms with Crippen LogP contribution in [-0.2, 0) is 13.1 Å². The maximum Gasteiger partial charge on any atom is 0.387 e. The SMILES string of the molecule is CN=C(NCc1cccc(C)n1)NCc1cc(C)ccc1OC(F)F. The first-order valence-electron chi connectivity index (χ1n) is 7.89. The average Bonchev–Trinajstić information content (AvgIpc) is 2.57. The Morgan fingerprint density at radius 3 is 2.60 bits per heavy atom. The number of benzene rings is 1. The van der Waals surface area contributed by atoms with Crippen LogP contribution in [0.1, 0.15) is 22.5 Å². The molecule has 2 rings (SSSR count). The molecule has 0 spiro atoms. The Morgan fingerprint density at radius 2 is 1.92 bits per heavy atom. The van der Waals surface area contributed by atoms with Crippen LogP contribution in [0.3, 0.4) is 0 Å². The van der Waals surface area contributed by atoms with E-state index in [1.807, 2.05) is 32.0 Å². The molecule has 0 unspecified atom stereocenters. The minimum absolute atomic E-state index is 0.156. The summed E-state index contributed by atoms with van der Waals surface area (Å²) >= 11 is 0. The smallest absolute Gasteiger partial charge is 0.387 e. The van der Waals surface area contributed by atoms with Gasteiger partial charge >= 0.3 is 6.61 Å². The van der Waals surface area contributed by atoms with Gasteiger partial charge in [-0.15, -0.1) is 0 Å². The van der Waals surface area contributed by atoms with Crippen LogP contribution in [0.15, 0.2) is 41.4 Å². The van der Waals surface area contributed by atoms with Gasteiger partial charge in [-0.2, -0.15) is 8.78 Å². The van der Waals surface area contributed by atoms with Crippen LogP contribution in [-0.4, -0.2) is 24.6 Å². The van der Waals surface area contributed by atoms with E-state index < -0.39 is 6.61 Å². The molecule has 2 aromatic rings. The minimum atomic E-state index is -2.86. The van der Waals surface area contributed by atoms with E-state index in [0.717, 1.165) is 17.0 Å². The van der Waals surface area contributed by atoms with Crippen molar-refractivity contribution >= 4 is 5.96 Å². The van der Waals surface area contributed by atoms with E-state index in [0.29, 0.717) is 24.6 Å². The number of guanidine groups is 1. The van der Waals surface area contributed by atoms with Crippen molar-refractivity contribution in [3.8, 4) is 5.75 Å². The summed E-state index contributed by atoms with van der Waals surface area (Å²) in [7, 11) is 1.64. The van der Waals surface area contributed by atoms with Crippen molar-refractivity contribution in [1.29, 1.82) is 0 Å². The van der Waals surface area contributed by atoms with Gasteiger partial charge in [0.1, 0.15) is 5.75 Å². The maximum absolute atomic E-state index is 12.5. The molecule has 0 aliphatic rings. The second-order valence-corrected chi connectivity index (χ2v) is 5.54. The van der Waals surface area contributed by atoms with E-state index in [4.69, 9.17) is 0 Å². The quantitative estimate of drug-likeness (QED) is 0.622. The fourth-order valence-corrected chi connectivity index (χ4v) is 2.33. The molecule has 7 heteroatoms. The molecule has 2 N–H and O–H groups in total. The summed E-state index contributed by atoms with van der Waals surface area (Å²) < 4.78 is 29.6. The summed E-state index contributed by atoms with van der Waals surface area (Å²) in [5.74, 6) is 0.705. The molecule has 0 aliphatic carbocycles. The van der Waals surface area contributed by atoms with Gasteiger partial charge in [0.25, 0.3) is 0 Å². The zero-order valence-electron chi connectivity index (χ0n) is 14.5. The molecule has 1 heterocycles. The van der Waals surface area contributed by atoms with Gasteiger partial charge in [0.05, 0.1) is 12.2 Å². The molecule has 1 aromatic carbocycles.